The minimum absolute atomic E-state index is 0.0298. The fourth-order valence-corrected chi connectivity index (χ4v) is 1.08. The Bertz CT molecular complexity index is 342. The Hall–Kier alpha value is -1.59. The molecule has 3 N–H and O–H groups in total. The predicted octanol–water partition coefficient (Wildman–Crippen LogP) is 0.488. The lowest BCUT2D eigenvalue weighted by atomic mass is 10.0. The van der Waals surface area contributed by atoms with Crippen LogP contribution in [0.2, 0.25) is 0 Å². The fraction of sp³-hybridized carbons (Fsp3) is 0.750. The van der Waals surface area contributed by atoms with Gasteiger partial charge in [-0.2, -0.15) is 0 Å². The average molecular weight is 258 g/mol. The van der Waals surface area contributed by atoms with Crippen LogP contribution >= 0.6 is 0 Å². The van der Waals surface area contributed by atoms with E-state index in [9.17, 15) is 14.4 Å². The fourth-order valence-electron chi connectivity index (χ4n) is 1.08. The maximum absolute atomic E-state index is 11.5. The van der Waals surface area contributed by atoms with Gasteiger partial charge < -0.3 is 15.8 Å². The standard InChI is InChI=1S/C12H22N2O4/c1-11(2,3)18-9(16)7-6-8(15)14-12(4,5)10(13)17/h6-7H2,1-5H3,(H2,13,17)(H,14,15). The van der Waals surface area contributed by atoms with Crippen LogP contribution in [0, 0.1) is 0 Å². The van der Waals surface area contributed by atoms with Crippen molar-refractivity contribution in [3.63, 3.8) is 0 Å². The Morgan fingerprint density at radius 3 is 1.94 bits per heavy atom. The van der Waals surface area contributed by atoms with Crippen molar-refractivity contribution in [2.75, 3.05) is 0 Å². The molecule has 0 unspecified atom stereocenters. The van der Waals surface area contributed by atoms with Gasteiger partial charge in [-0.15, -0.1) is 0 Å². The van der Waals surface area contributed by atoms with Crippen LogP contribution in [0.1, 0.15) is 47.5 Å². The summed E-state index contributed by atoms with van der Waals surface area (Å²) in [6, 6.07) is 0. The number of carbonyl (C=O) groups is 3. The Labute approximate surface area is 107 Å². The highest BCUT2D eigenvalue weighted by Crippen LogP contribution is 2.09. The summed E-state index contributed by atoms with van der Waals surface area (Å²) in [5.74, 6) is -1.49. The average Bonchev–Trinajstić information content (AvgIpc) is 2.11. The third-order valence-electron chi connectivity index (χ3n) is 2.04. The Balaban J connectivity index is 4.13. The Morgan fingerprint density at radius 2 is 1.56 bits per heavy atom. The number of primary amides is 1. The van der Waals surface area contributed by atoms with E-state index in [1.807, 2.05) is 0 Å². The zero-order valence-corrected chi connectivity index (χ0v) is 11.6. The SMILES string of the molecule is CC(C)(C)OC(=O)CCC(=O)NC(C)(C)C(N)=O. The van der Waals surface area contributed by atoms with E-state index in [-0.39, 0.29) is 12.8 Å². The normalized spacial score (nSPS) is 11.8. The zero-order chi connectivity index (χ0) is 14.6. The molecule has 6 nitrogen and oxygen atoms in total. The predicted molar refractivity (Wildman–Crippen MR) is 66.5 cm³/mol. The van der Waals surface area contributed by atoms with Gasteiger partial charge in [0.15, 0.2) is 0 Å². The molecule has 0 aromatic carbocycles. The first kappa shape index (κ1) is 16.4. The summed E-state index contributed by atoms with van der Waals surface area (Å²) < 4.78 is 5.06. The lowest BCUT2D eigenvalue weighted by Crippen LogP contribution is -2.53. The number of nitrogens with two attached hydrogens (primary N) is 1. The highest BCUT2D eigenvalue weighted by atomic mass is 16.6. The number of rotatable bonds is 5. The minimum atomic E-state index is -1.12. The highest BCUT2D eigenvalue weighted by Gasteiger charge is 2.27. The molecule has 18 heavy (non-hydrogen) atoms. The molecule has 0 atom stereocenters. The zero-order valence-electron chi connectivity index (χ0n) is 11.6. The van der Waals surface area contributed by atoms with Crippen molar-refractivity contribution in [2.45, 2.75) is 58.6 Å². The smallest absolute Gasteiger partial charge is 0.306 e. The number of esters is 1. The maximum Gasteiger partial charge on any atom is 0.306 e. The van der Waals surface area contributed by atoms with Crippen LogP contribution in [0.4, 0.5) is 0 Å². The molecule has 0 radical (unpaired) electrons. The summed E-state index contributed by atoms with van der Waals surface area (Å²) in [7, 11) is 0. The van der Waals surface area contributed by atoms with E-state index in [0.717, 1.165) is 0 Å². The van der Waals surface area contributed by atoms with E-state index in [2.05, 4.69) is 5.32 Å². The second-order valence-electron chi connectivity index (χ2n) is 5.62. The van der Waals surface area contributed by atoms with Crippen LogP contribution in [0.15, 0.2) is 0 Å². The van der Waals surface area contributed by atoms with Gasteiger partial charge in [0.25, 0.3) is 0 Å². The third-order valence-corrected chi connectivity index (χ3v) is 2.04. The number of hydrogen-bond acceptors (Lipinski definition) is 4. The van der Waals surface area contributed by atoms with Crippen molar-refractivity contribution < 1.29 is 19.1 Å². The first-order valence-electron chi connectivity index (χ1n) is 5.77. The van der Waals surface area contributed by atoms with Crippen LogP contribution in [0.5, 0.6) is 0 Å². The van der Waals surface area contributed by atoms with Gasteiger partial charge in [-0.05, 0) is 34.6 Å². The van der Waals surface area contributed by atoms with Crippen molar-refractivity contribution in [3.05, 3.63) is 0 Å². The number of amides is 2. The molecule has 0 aliphatic carbocycles. The van der Waals surface area contributed by atoms with Gasteiger partial charge in [0.2, 0.25) is 11.8 Å². The number of carbonyl (C=O) groups excluding carboxylic acids is 3. The summed E-state index contributed by atoms with van der Waals surface area (Å²) in [5, 5.41) is 2.45. The van der Waals surface area contributed by atoms with E-state index in [1.54, 1.807) is 20.8 Å². The quantitative estimate of drug-likeness (QED) is 0.701. The minimum Gasteiger partial charge on any atom is -0.460 e. The van der Waals surface area contributed by atoms with E-state index in [1.165, 1.54) is 13.8 Å². The summed E-state index contributed by atoms with van der Waals surface area (Å²) in [6.07, 6.45) is -0.0659. The van der Waals surface area contributed by atoms with E-state index in [0.29, 0.717) is 0 Å². The number of hydrogen-bond donors (Lipinski definition) is 2. The van der Waals surface area contributed by atoms with Gasteiger partial charge in [-0.25, -0.2) is 0 Å². The lowest BCUT2D eigenvalue weighted by molar-refractivity contribution is -0.155. The van der Waals surface area contributed by atoms with Gasteiger partial charge in [0.1, 0.15) is 11.1 Å². The van der Waals surface area contributed by atoms with Crippen molar-refractivity contribution >= 4 is 17.8 Å². The third kappa shape index (κ3) is 6.88. The summed E-state index contributed by atoms with van der Waals surface area (Å²) in [5.41, 5.74) is 3.42. The van der Waals surface area contributed by atoms with Gasteiger partial charge in [0.05, 0.1) is 6.42 Å². The molecule has 0 aromatic heterocycles. The molecule has 104 valence electrons. The summed E-state index contributed by atoms with van der Waals surface area (Å²) in [4.78, 5) is 33.9. The molecule has 0 aliphatic heterocycles. The van der Waals surface area contributed by atoms with E-state index >= 15 is 0 Å². The topological polar surface area (TPSA) is 98.5 Å². The van der Waals surface area contributed by atoms with Crippen molar-refractivity contribution in [2.24, 2.45) is 5.73 Å². The molecule has 0 spiro atoms. The molecular weight excluding hydrogens is 236 g/mol. The number of nitrogens with one attached hydrogen (secondary N) is 1. The molecule has 0 aromatic rings. The maximum atomic E-state index is 11.5. The molecule has 0 saturated carbocycles. The van der Waals surface area contributed by atoms with Crippen molar-refractivity contribution in [1.29, 1.82) is 0 Å². The number of ether oxygens (including phenoxy) is 1. The highest BCUT2D eigenvalue weighted by molar-refractivity contribution is 5.90. The van der Waals surface area contributed by atoms with Crippen LogP contribution in [-0.2, 0) is 19.1 Å². The second kappa shape index (κ2) is 5.84. The summed E-state index contributed by atoms with van der Waals surface area (Å²) in [6.45, 7) is 8.25. The molecule has 0 heterocycles. The Kier molecular flexibility index (Phi) is 5.32. The molecular formula is C12H22N2O4. The van der Waals surface area contributed by atoms with Gasteiger partial charge in [0, 0.05) is 6.42 Å². The van der Waals surface area contributed by atoms with Gasteiger partial charge >= 0.3 is 5.97 Å². The van der Waals surface area contributed by atoms with Gasteiger partial charge in [-0.3, -0.25) is 14.4 Å². The molecule has 0 bridgehead atoms. The molecule has 0 fully saturated rings. The Morgan fingerprint density at radius 1 is 1.06 bits per heavy atom. The van der Waals surface area contributed by atoms with Crippen molar-refractivity contribution in [3.8, 4) is 0 Å². The van der Waals surface area contributed by atoms with Crippen LogP contribution < -0.4 is 11.1 Å². The molecule has 0 saturated heterocycles. The van der Waals surface area contributed by atoms with Crippen LogP contribution in [0.25, 0.3) is 0 Å². The molecule has 2 amide bonds. The molecule has 6 heteroatoms. The van der Waals surface area contributed by atoms with Crippen LogP contribution in [0.3, 0.4) is 0 Å². The monoisotopic (exact) mass is 258 g/mol. The molecule has 0 rings (SSSR count). The molecule has 0 aliphatic rings. The first-order valence-corrected chi connectivity index (χ1v) is 5.77. The first-order chi connectivity index (χ1) is 7.94. The van der Waals surface area contributed by atoms with Crippen molar-refractivity contribution in [1.82, 2.24) is 5.32 Å². The van der Waals surface area contributed by atoms with E-state index < -0.39 is 28.9 Å². The largest absolute Gasteiger partial charge is 0.460 e. The lowest BCUT2D eigenvalue weighted by Gasteiger charge is -2.22. The summed E-state index contributed by atoms with van der Waals surface area (Å²) >= 11 is 0. The second-order valence-corrected chi connectivity index (χ2v) is 5.62. The van der Waals surface area contributed by atoms with Gasteiger partial charge in [-0.1, -0.05) is 0 Å². The van der Waals surface area contributed by atoms with Crippen LogP contribution in [-0.4, -0.2) is 28.9 Å². The van der Waals surface area contributed by atoms with E-state index in [4.69, 9.17) is 10.5 Å².